The van der Waals surface area contributed by atoms with E-state index in [1.54, 1.807) is 0 Å². The number of hydrogen-bond acceptors (Lipinski definition) is 0. The summed E-state index contributed by atoms with van der Waals surface area (Å²) >= 11 is 0. The highest BCUT2D eigenvalue weighted by Crippen LogP contribution is 2.38. The van der Waals surface area contributed by atoms with Crippen LogP contribution in [0.2, 0.25) is 0 Å². The summed E-state index contributed by atoms with van der Waals surface area (Å²) in [6.07, 6.45) is 6.06. The maximum Gasteiger partial charge on any atom is 0.0541 e. The predicted octanol–water partition coefficient (Wildman–Crippen LogP) is 10.3. The van der Waals surface area contributed by atoms with Crippen LogP contribution in [0.25, 0.3) is 83.4 Å². The first-order valence-electron chi connectivity index (χ1n) is 16.0. The highest BCUT2D eigenvalue weighted by atomic mass is 15.0. The molecule has 1 aromatic heterocycles. The zero-order chi connectivity index (χ0) is 30.1. The fraction of sp³-hybridized carbons (Fsp3) is 0.0909. The van der Waals surface area contributed by atoms with Crippen molar-refractivity contribution in [3.63, 3.8) is 0 Å². The molecule has 1 heterocycles. The van der Waals surface area contributed by atoms with Gasteiger partial charge >= 0.3 is 0 Å². The predicted molar refractivity (Wildman–Crippen MR) is 193 cm³/mol. The van der Waals surface area contributed by atoms with Crippen molar-refractivity contribution in [2.45, 2.75) is 20.3 Å². The summed E-state index contributed by atoms with van der Waals surface area (Å²) in [5.74, 6) is 0.484. The van der Waals surface area contributed by atoms with E-state index in [4.69, 9.17) is 0 Å². The molecule has 8 aromatic rings. The van der Waals surface area contributed by atoms with E-state index in [9.17, 15) is 0 Å². The van der Waals surface area contributed by atoms with Crippen molar-refractivity contribution < 1.29 is 0 Å². The van der Waals surface area contributed by atoms with Gasteiger partial charge in [-0.05, 0) is 110 Å². The number of aryl methyl sites for hydroxylation is 1. The van der Waals surface area contributed by atoms with Gasteiger partial charge in [0.1, 0.15) is 0 Å². The lowest BCUT2D eigenvalue weighted by Crippen LogP contribution is -2.33. The quantitative estimate of drug-likeness (QED) is 0.197. The molecule has 0 N–H and O–H groups in total. The molecule has 214 valence electrons. The molecule has 7 aromatic carbocycles. The Kier molecular flexibility index (Phi) is 5.83. The molecule has 1 aliphatic carbocycles. The molecule has 0 spiro atoms. The average molecular weight is 576 g/mol. The van der Waals surface area contributed by atoms with Crippen molar-refractivity contribution in [3.05, 3.63) is 149 Å². The van der Waals surface area contributed by atoms with Crippen molar-refractivity contribution in [1.82, 2.24) is 4.57 Å². The Hall–Kier alpha value is -5.40. The third-order valence-corrected chi connectivity index (χ3v) is 9.70. The maximum atomic E-state index is 2.52. The minimum atomic E-state index is 0.484. The van der Waals surface area contributed by atoms with Gasteiger partial charge in [0.05, 0.1) is 11.0 Å². The largest absolute Gasteiger partial charge is 0.309 e. The molecule has 1 unspecified atom stereocenters. The molecule has 0 fully saturated rings. The number of fused-ring (bicyclic) bond motifs is 6. The first kappa shape index (κ1) is 26.0. The van der Waals surface area contributed by atoms with E-state index in [-0.39, 0.29) is 0 Å². The Balaban J connectivity index is 1.38. The number of benzene rings is 7. The summed E-state index contributed by atoms with van der Waals surface area (Å²) in [6.45, 7) is 4.56. The van der Waals surface area contributed by atoms with Gasteiger partial charge in [-0.3, -0.25) is 0 Å². The minimum absolute atomic E-state index is 0.484. The van der Waals surface area contributed by atoms with Crippen molar-refractivity contribution in [2.75, 3.05) is 0 Å². The second-order valence-electron chi connectivity index (χ2n) is 12.7. The van der Waals surface area contributed by atoms with Crippen molar-refractivity contribution >= 4 is 55.5 Å². The van der Waals surface area contributed by atoms with E-state index in [1.165, 1.54) is 87.3 Å². The maximum absolute atomic E-state index is 2.52. The van der Waals surface area contributed by atoms with Gasteiger partial charge in [-0.25, -0.2) is 0 Å². The Labute approximate surface area is 263 Å². The minimum Gasteiger partial charge on any atom is -0.309 e. The third kappa shape index (κ3) is 4.08. The highest BCUT2D eigenvalue weighted by molar-refractivity contribution is 6.12. The molecule has 0 saturated heterocycles. The lowest BCUT2D eigenvalue weighted by atomic mass is 9.83. The van der Waals surface area contributed by atoms with E-state index in [0.717, 1.165) is 6.42 Å². The fourth-order valence-corrected chi connectivity index (χ4v) is 7.63. The molecule has 0 aliphatic heterocycles. The van der Waals surface area contributed by atoms with Crippen LogP contribution in [0.1, 0.15) is 18.9 Å². The molecule has 0 radical (unpaired) electrons. The summed E-state index contributed by atoms with van der Waals surface area (Å²) in [5.41, 5.74) is 10.2. The standard InChI is InChI=1S/C44H33N/c1-28-16-21-36-39(24-28)44(32-19-18-30-10-6-7-11-31(30)26-32)40-25-29(2)17-22-37(40)43(36)33-20-23-42-38(27-33)35-14-8-9-15-41(35)45(42)34-12-4-3-5-13-34/h3-16,18-27,29H,17H2,1-2H3. The van der Waals surface area contributed by atoms with Gasteiger partial charge in [-0.15, -0.1) is 0 Å². The molecule has 0 amide bonds. The molecule has 0 saturated carbocycles. The zero-order valence-corrected chi connectivity index (χ0v) is 25.6. The number of rotatable bonds is 3. The van der Waals surface area contributed by atoms with E-state index >= 15 is 0 Å². The van der Waals surface area contributed by atoms with Crippen LogP contribution in [0.4, 0.5) is 0 Å². The van der Waals surface area contributed by atoms with Gasteiger partial charge in [-0.1, -0.05) is 122 Å². The van der Waals surface area contributed by atoms with Gasteiger partial charge in [0.15, 0.2) is 0 Å². The molecular weight excluding hydrogens is 542 g/mol. The first-order valence-corrected chi connectivity index (χ1v) is 16.0. The van der Waals surface area contributed by atoms with Crippen LogP contribution in [0.3, 0.4) is 0 Å². The lowest BCUT2D eigenvalue weighted by Gasteiger charge is -2.20. The van der Waals surface area contributed by atoms with Gasteiger partial charge in [0, 0.05) is 16.5 Å². The Morgan fingerprint density at radius 3 is 2.13 bits per heavy atom. The summed E-state index contributed by atoms with van der Waals surface area (Å²) in [6, 6.07) is 49.3. The fourth-order valence-electron chi connectivity index (χ4n) is 7.63. The second-order valence-corrected chi connectivity index (χ2v) is 12.7. The second kappa shape index (κ2) is 10.1. The molecule has 9 rings (SSSR count). The summed E-state index contributed by atoms with van der Waals surface area (Å²) in [7, 11) is 0. The SMILES string of the molecule is Cc1ccc2c(-c3ccc4c(c3)c3ccccc3n4-c3ccccc3)c3c(c(-c4ccc5ccccc5c4)c2c1)=CC(C)CC=3. The van der Waals surface area contributed by atoms with Gasteiger partial charge < -0.3 is 4.57 Å². The molecule has 1 atom stereocenters. The third-order valence-electron chi connectivity index (χ3n) is 9.70. The Morgan fingerprint density at radius 1 is 0.533 bits per heavy atom. The number of hydrogen-bond donors (Lipinski definition) is 0. The van der Waals surface area contributed by atoms with Crippen LogP contribution >= 0.6 is 0 Å². The van der Waals surface area contributed by atoms with Crippen LogP contribution in [0.15, 0.2) is 133 Å². The Bertz CT molecular complexity index is 2580. The van der Waals surface area contributed by atoms with Crippen LogP contribution in [-0.4, -0.2) is 4.57 Å². The lowest BCUT2D eigenvalue weighted by molar-refractivity contribution is 0.801. The zero-order valence-electron chi connectivity index (χ0n) is 25.6. The average Bonchev–Trinajstić information content (AvgIpc) is 3.41. The van der Waals surface area contributed by atoms with Gasteiger partial charge in [0.2, 0.25) is 0 Å². The van der Waals surface area contributed by atoms with E-state index in [0.29, 0.717) is 5.92 Å². The number of aromatic nitrogens is 1. The molecule has 45 heavy (non-hydrogen) atoms. The van der Waals surface area contributed by atoms with Crippen LogP contribution in [0, 0.1) is 12.8 Å². The van der Waals surface area contributed by atoms with Crippen LogP contribution in [-0.2, 0) is 0 Å². The van der Waals surface area contributed by atoms with Crippen molar-refractivity contribution in [1.29, 1.82) is 0 Å². The molecule has 0 bridgehead atoms. The summed E-state index contributed by atoms with van der Waals surface area (Å²) in [4.78, 5) is 0. The van der Waals surface area contributed by atoms with Gasteiger partial charge in [-0.2, -0.15) is 0 Å². The van der Waals surface area contributed by atoms with Gasteiger partial charge in [0.25, 0.3) is 0 Å². The summed E-state index contributed by atoms with van der Waals surface area (Å²) < 4.78 is 2.40. The molecule has 1 nitrogen and oxygen atoms in total. The Morgan fingerprint density at radius 2 is 1.24 bits per heavy atom. The molecule has 1 heteroatoms. The number of nitrogens with zero attached hydrogens (tertiary/aromatic N) is 1. The van der Waals surface area contributed by atoms with Crippen LogP contribution in [0.5, 0.6) is 0 Å². The monoisotopic (exact) mass is 575 g/mol. The van der Waals surface area contributed by atoms with Crippen molar-refractivity contribution in [2.24, 2.45) is 5.92 Å². The van der Waals surface area contributed by atoms with E-state index < -0.39 is 0 Å². The molecule has 1 aliphatic rings. The topological polar surface area (TPSA) is 4.93 Å². The van der Waals surface area contributed by atoms with E-state index in [1.807, 2.05) is 0 Å². The normalized spacial score (nSPS) is 14.5. The van der Waals surface area contributed by atoms with Crippen LogP contribution < -0.4 is 10.4 Å². The number of para-hydroxylation sites is 2. The molecular formula is C44H33N. The summed E-state index contributed by atoms with van der Waals surface area (Å²) in [5, 5.41) is 10.5. The smallest absolute Gasteiger partial charge is 0.0541 e. The van der Waals surface area contributed by atoms with E-state index in [2.05, 4.69) is 164 Å². The highest BCUT2D eigenvalue weighted by Gasteiger charge is 2.20. The first-order chi connectivity index (χ1) is 22.1. The van der Waals surface area contributed by atoms with Crippen molar-refractivity contribution in [3.8, 4) is 27.9 Å².